The van der Waals surface area contributed by atoms with Crippen molar-refractivity contribution in [1.82, 2.24) is 0 Å². The lowest BCUT2D eigenvalue weighted by Gasteiger charge is -2.32. The van der Waals surface area contributed by atoms with Crippen LogP contribution in [0.3, 0.4) is 0 Å². The molecule has 0 rings (SSSR count). The standard InChI is InChI=1S/C12H26O5Si2/c1-11(2)12(13)16-9-8-10-18(5,6)17-19(7,14-3)15-4/h1,8-10H2,2-7H3. The first kappa shape index (κ1) is 18.5. The molecular formula is C12H26O5Si2. The zero-order valence-corrected chi connectivity index (χ0v) is 14.9. The zero-order chi connectivity index (χ0) is 15.1. The number of carbonyl (C=O) groups excluding carboxylic acids is 1. The van der Waals surface area contributed by atoms with E-state index in [-0.39, 0.29) is 5.97 Å². The Morgan fingerprint density at radius 3 is 2.11 bits per heavy atom. The second-order valence-electron chi connectivity index (χ2n) is 5.15. The third-order valence-electron chi connectivity index (χ3n) is 2.71. The first-order valence-electron chi connectivity index (χ1n) is 6.29. The van der Waals surface area contributed by atoms with Gasteiger partial charge in [0.1, 0.15) is 0 Å². The number of carbonyl (C=O) groups is 1. The fraction of sp³-hybridized carbons (Fsp3) is 0.750. The molecule has 0 heterocycles. The van der Waals surface area contributed by atoms with Crippen molar-refractivity contribution in [2.45, 2.75) is 39.0 Å². The lowest BCUT2D eigenvalue weighted by atomic mass is 10.4. The SMILES string of the molecule is C=C(C)C(=O)OCCC[Si](C)(C)O[Si](C)(OC)OC. The van der Waals surface area contributed by atoms with Gasteiger partial charge in [0.15, 0.2) is 8.32 Å². The summed E-state index contributed by atoms with van der Waals surface area (Å²) in [6.45, 7) is 11.7. The number of esters is 1. The first-order valence-corrected chi connectivity index (χ1v) is 11.6. The van der Waals surface area contributed by atoms with Crippen LogP contribution in [-0.4, -0.2) is 43.9 Å². The summed E-state index contributed by atoms with van der Waals surface area (Å²) in [5.41, 5.74) is 0.423. The molecule has 0 aromatic rings. The fourth-order valence-electron chi connectivity index (χ4n) is 1.51. The number of ether oxygens (including phenoxy) is 1. The lowest BCUT2D eigenvalue weighted by Crippen LogP contribution is -2.49. The predicted octanol–water partition coefficient (Wildman–Crippen LogP) is 2.58. The average Bonchev–Trinajstić information content (AvgIpc) is 2.33. The molecule has 0 fully saturated rings. The van der Waals surface area contributed by atoms with Crippen molar-refractivity contribution in [3.63, 3.8) is 0 Å². The van der Waals surface area contributed by atoms with E-state index >= 15 is 0 Å². The maximum absolute atomic E-state index is 11.2. The third kappa shape index (κ3) is 7.63. The van der Waals surface area contributed by atoms with Crippen LogP contribution in [0.2, 0.25) is 25.7 Å². The molecule has 0 amide bonds. The van der Waals surface area contributed by atoms with E-state index in [1.807, 2.05) is 6.55 Å². The monoisotopic (exact) mass is 306 g/mol. The third-order valence-corrected chi connectivity index (χ3v) is 9.44. The second-order valence-corrected chi connectivity index (χ2v) is 12.5. The van der Waals surface area contributed by atoms with Crippen LogP contribution in [0.5, 0.6) is 0 Å². The summed E-state index contributed by atoms with van der Waals surface area (Å²) in [4.78, 5) is 11.2. The molecule has 0 aromatic carbocycles. The van der Waals surface area contributed by atoms with Gasteiger partial charge in [0.25, 0.3) is 0 Å². The Labute approximate surface area is 118 Å². The normalized spacial score (nSPS) is 12.3. The molecule has 19 heavy (non-hydrogen) atoms. The summed E-state index contributed by atoms with van der Waals surface area (Å²) in [6, 6.07) is 0.881. The van der Waals surface area contributed by atoms with Crippen molar-refractivity contribution in [3.05, 3.63) is 12.2 Å². The van der Waals surface area contributed by atoms with E-state index in [0.29, 0.717) is 12.2 Å². The van der Waals surface area contributed by atoms with Crippen LogP contribution in [0.25, 0.3) is 0 Å². The van der Waals surface area contributed by atoms with Gasteiger partial charge in [-0.2, -0.15) is 0 Å². The van der Waals surface area contributed by atoms with Gasteiger partial charge in [-0.1, -0.05) is 6.58 Å². The summed E-state index contributed by atoms with van der Waals surface area (Å²) in [6.07, 6.45) is 0.774. The van der Waals surface area contributed by atoms with Gasteiger partial charge >= 0.3 is 14.8 Å². The average molecular weight is 307 g/mol. The summed E-state index contributed by atoms with van der Waals surface area (Å²) >= 11 is 0. The summed E-state index contributed by atoms with van der Waals surface area (Å²) < 4.78 is 21.8. The lowest BCUT2D eigenvalue weighted by molar-refractivity contribution is -0.138. The summed E-state index contributed by atoms with van der Waals surface area (Å²) in [7, 11) is -1.16. The Bertz CT molecular complexity index is 313. The Balaban J connectivity index is 4.10. The number of hydrogen-bond acceptors (Lipinski definition) is 5. The fourth-order valence-corrected chi connectivity index (χ4v) is 7.76. The Hall–Kier alpha value is -0.476. The van der Waals surface area contributed by atoms with E-state index in [9.17, 15) is 4.79 Å². The molecule has 0 atom stereocenters. The minimum Gasteiger partial charge on any atom is -0.462 e. The van der Waals surface area contributed by atoms with E-state index in [1.54, 1.807) is 21.1 Å². The van der Waals surface area contributed by atoms with Gasteiger partial charge in [-0.15, -0.1) is 0 Å². The van der Waals surface area contributed by atoms with Crippen molar-refractivity contribution in [2.24, 2.45) is 0 Å². The van der Waals surface area contributed by atoms with Gasteiger partial charge in [-0.3, -0.25) is 0 Å². The van der Waals surface area contributed by atoms with Crippen LogP contribution in [0.15, 0.2) is 12.2 Å². The molecule has 0 aliphatic heterocycles. The van der Waals surface area contributed by atoms with Gasteiger partial charge in [-0.25, -0.2) is 4.79 Å². The molecule has 0 aliphatic rings. The summed E-state index contributed by atoms with van der Waals surface area (Å²) in [5, 5.41) is 0. The van der Waals surface area contributed by atoms with E-state index in [2.05, 4.69) is 19.7 Å². The van der Waals surface area contributed by atoms with E-state index in [1.165, 1.54) is 0 Å². The molecule has 0 saturated heterocycles. The largest absolute Gasteiger partial charge is 0.486 e. The van der Waals surface area contributed by atoms with Crippen molar-refractivity contribution in [2.75, 3.05) is 20.8 Å². The van der Waals surface area contributed by atoms with Crippen molar-refractivity contribution < 1.29 is 22.5 Å². The second kappa shape index (κ2) is 7.96. The molecule has 112 valence electrons. The number of hydrogen-bond donors (Lipinski definition) is 0. The molecular weight excluding hydrogens is 280 g/mol. The van der Waals surface area contributed by atoms with Crippen molar-refractivity contribution in [3.8, 4) is 0 Å². The van der Waals surface area contributed by atoms with Crippen LogP contribution in [0.1, 0.15) is 13.3 Å². The minimum atomic E-state index is -2.49. The molecule has 0 aliphatic carbocycles. The molecule has 0 saturated carbocycles. The maximum atomic E-state index is 11.2. The van der Waals surface area contributed by atoms with Crippen molar-refractivity contribution >= 4 is 23.1 Å². The highest BCUT2D eigenvalue weighted by molar-refractivity contribution is 6.80. The van der Waals surface area contributed by atoms with Gasteiger partial charge < -0.3 is 17.7 Å². The van der Waals surface area contributed by atoms with Crippen molar-refractivity contribution in [1.29, 1.82) is 0 Å². The highest BCUT2D eigenvalue weighted by atomic mass is 28.5. The van der Waals surface area contributed by atoms with Crippen LogP contribution in [0, 0.1) is 0 Å². The van der Waals surface area contributed by atoms with Gasteiger partial charge in [0.05, 0.1) is 6.61 Å². The highest BCUT2D eigenvalue weighted by Crippen LogP contribution is 2.20. The predicted molar refractivity (Wildman–Crippen MR) is 79.4 cm³/mol. The molecule has 0 unspecified atom stereocenters. The van der Waals surface area contributed by atoms with E-state index in [4.69, 9.17) is 17.7 Å². The Morgan fingerprint density at radius 1 is 1.16 bits per heavy atom. The maximum Gasteiger partial charge on any atom is 0.486 e. The first-order chi connectivity index (χ1) is 8.66. The van der Waals surface area contributed by atoms with Gasteiger partial charge in [0.2, 0.25) is 0 Å². The number of rotatable bonds is 9. The Kier molecular flexibility index (Phi) is 7.76. The topological polar surface area (TPSA) is 54.0 Å². The molecule has 0 bridgehead atoms. The smallest absolute Gasteiger partial charge is 0.462 e. The molecule has 0 spiro atoms. The van der Waals surface area contributed by atoms with Gasteiger partial charge in [0, 0.05) is 26.3 Å². The zero-order valence-electron chi connectivity index (χ0n) is 12.9. The quantitative estimate of drug-likeness (QED) is 0.284. The van der Waals surface area contributed by atoms with E-state index < -0.39 is 17.1 Å². The molecule has 0 N–H and O–H groups in total. The minimum absolute atomic E-state index is 0.339. The van der Waals surface area contributed by atoms with Crippen LogP contribution < -0.4 is 0 Å². The molecule has 5 nitrogen and oxygen atoms in total. The van der Waals surface area contributed by atoms with Crippen LogP contribution in [0.4, 0.5) is 0 Å². The molecule has 0 aromatic heterocycles. The summed E-state index contributed by atoms with van der Waals surface area (Å²) in [5.74, 6) is -0.339. The van der Waals surface area contributed by atoms with E-state index in [0.717, 1.165) is 12.5 Å². The molecule has 7 heteroatoms. The molecule has 0 radical (unpaired) electrons. The van der Waals surface area contributed by atoms with Crippen LogP contribution in [-0.2, 0) is 22.5 Å². The van der Waals surface area contributed by atoms with Gasteiger partial charge in [-0.05, 0) is 32.5 Å². The Morgan fingerprint density at radius 2 is 1.68 bits per heavy atom. The highest BCUT2D eigenvalue weighted by Gasteiger charge is 2.39. The van der Waals surface area contributed by atoms with Crippen LogP contribution >= 0.6 is 0 Å².